The Morgan fingerprint density at radius 2 is 2.05 bits per heavy atom. The van der Waals surface area contributed by atoms with E-state index in [1.807, 2.05) is 13.0 Å². The molecule has 7 heteroatoms. The van der Waals surface area contributed by atoms with Crippen molar-refractivity contribution in [2.45, 2.75) is 13.5 Å². The van der Waals surface area contributed by atoms with E-state index in [1.165, 1.54) is 0 Å². The number of halogens is 1. The Labute approximate surface area is 131 Å². The van der Waals surface area contributed by atoms with Crippen molar-refractivity contribution in [1.82, 2.24) is 19.5 Å². The number of morpholine rings is 1. The van der Waals surface area contributed by atoms with E-state index in [9.17, 15) is 0 Å². The highest BCUT2D eigenvalue weighted by Crippen LogP contribution is 2.25. The fourth-order valence-electron chi connectivity index (χ4n) is 2.35. The van der Waals surface area contributed by atoms with Crippen LogP contribution in [0.5, 0.6) is 0 Å². The minimum atomic E-state index is 0.702. The van der Waals surface area contributed by atoms with Gasteiger partial charge >= 0.3 is 0 Å². The number of fused-ring (bicyclic) bond motifs is 1. The summed E-state index contributed by atoms with van der Waals surface area (Å²) in [7, 11) is 0. The van der Waals surface area contributed by atoms with E-state index in [-0.39, 0.29) is 0 Å². The summed E-state index contributed by atoms with van der Waals surface area (Å²) in [5, 5.41) is 0. The number of rotatable bonds is 3. The first kappa shape index (κ1) is 13.7. The Balaban J connectivity index is 2.16. The maximum absolute atomic E-state index is 5.41. The molecule has 0 unspecified atom stereocenters. The van der Waals surface area contributed by atoms with Gasteiger partial charge in [-0.15, -0.1) is 6.58 Å². The first-order valence-corrected chi connectivity index (χ1v) is 7.62. The zero-order chi connectivity index (χ0) is 14.1. The maximum atomic E-state index is 5.41. The van der Waals surface area contributed by atoms with Gasteiger partial charge in [0.25, 0.3) is 0 Å². The van der Waals surface area contributed by atoms with Crippen LogP contribution in [0.15, 0.2) is 12.7 Å². The van der Waals surface area contributed by atoms with Crippen molar-refractivity contribution >= 4 is 39.6 Å². The zero-order valence-corrected chi connectivity index (χ0v) is 13.5. The number of hydrogen-bond acceptors (Lipinski definition) is 5. The number of aryl methyl sites for hydroxylation is 1. The molecule has 1 aliphatic rings. The zero-order valence-electron chi connectivity index (χ0n) is 11.3. The van der Waals surface area contributed by atoms with Gasteiger partial charge in [-0.25, -0.2) is 15.0 Å². The van der Waals surface area contributed by atoms with Crippen LogP contribution in [0.4, 0.5) is 5.82 Å². The van der Waals surface area contributed by atoms with E-state index < -0.39 is 0 Å². The Morgan fingerprint density at radius 1 is 1.30 bits per heavy atom. The molecule has 0 aromatic carbocycles. The van der Waals surface area contributed by atoms with Crippen molar-refractivity contribution in [2.24, 2.45) is 0 Å². The van der Waals surface area contributed by atoms with Gasteiger partial charge < -0.3 is 14.2 Å². The Hall–Kier alpha value is -1.22. The lowest BCUT2D eigenvalue weighted by molar-refractivity contribution is 0.122. The van der Waals surface area contributed by atoms with Crippen molar-refractivity contribution in [3.8, 4) is 0 Å². The van der Waals surface area contributed by atoms with E-state index in [2.05, 4.69) is 53.6 Å². The molecule has 1 saturated heterocycles. The normalized spacial score (nSPS) is 15.8. The first-order chi connectivity index (χ1) is 9.70. The molecule has 0 atom stereocenters. The number of anilines is 1. The highest BCUT2D eigenvalue weighted by Gasteiger charge is 2.21. The standard InChI is InChI=1S/C13H16IN5O/c1-3-4-19-12-10(17-13(19)14)11(15-9(2)16-12)18-5-7-20-8-6-18/h3H,1,4-8H2,2H3. The number of nitrogens with zero attached hydrogens (tertiary/aromatic N) is 5. The molecule has 1 aliphatic heterocycles. The molecular formula is C13H16IN5O. The molecule has 3 heterocycles. The second kappa shape index (κ2) is 5.65. The highest BCUT2D eigenvalue weighted by molar-refractivity contribution is 14.1. The lowest BCUT2D eigenvalue weighted by Crippen LogP contribution is -2.37. The van der Waals surface area contributed by atoms with E-state index in [0.717, 1.165) is 52.9 Å². The lowest BCUT2D eigenvalue weighted by Gasteiger charge is -2.27. The van der Waals surface area contributed by atoms with Crippen LogP contribution in [0, 0.1) is 10.8 Å². The molecule has 0 N–H and O–H groups in total. The van der Waals surface area contributed by atoms with Gasteiger partial charge in [0.15, 0.2) is 20.8 Å². The molecule has 2 aromatic heterocycles. The molecule has 0 amide bonds. The van der Waals surface area contributed by atoms with Crippen molar-refractivity contribution in [3.05, 3.63) is 22.3 Å². The number of hydrogen-bond donors (Lipinski definition) is 0. The smallest absolute Gasteiger partial charge is 0.174 e. The summed E-state index contributed by atoms with van der Waals surface area (Å²) in [4.78, 5) is 16.0. The Morgan fingerprint density at radius 3 is 2.75 bits per heavy atom. The quantitative estimate of drug-likeness (QED) is 0.458. The minimum Gasteiger partial charge on any atom is -0.378 e. The number of aromatic nitrogens is 4. The predicted octanol–water partition coefficient (Wildman–Crippen LogP) is 1.76. The van der Waals surface area contributed by atoms with Gasteiger partial charge in [-0.05, 0) is 6.92 Å². The topological polar surface area (TPSA) is 56.1 Å². The highest BCUT2D eigenvalue weighted by atomic mass is 127. The van der Waals surface area contributed by atoms with Crippen LogP contribution in [-0.2, 0) is 11.3 Å². The van der Waals surface area contributed by atoms with E-state index in [1.54, 1.807) is 0 Å². The molecule has 2 aromatic rings. The molecule has 20 heavy (non-hydrogen) atoms. The Kier molecular flexibility index (Phi) is 3.88. The third-order valence-electron chi connectivity index (χ3n) is 3.26. The van der Waals surface area contributed by atoms with Crippen LogP contribution in [0.3, 0.4) is 0 Å². The fraction of sp³-hybridized carbons (Fsp3) is 0.462. The summed E-state index contributed by atoms with van der Waals surface area (Å²) in [6.07, 6.45) is 1.86. The molecule has 106 valence electrons. The van der Waals surface area contributed by atoms with Crippen molar-refractivity contribution in [3.63, 3.8) is 0 Å². The van der Waals surface area contributed by atoms with Gasteiger partial charge in [-0.1, -0.05) is 6.08 Å². The lowest BCUT2D eigenvalue weighted by atomic mass is 10.3. The third-order valence-corrected chi connectivity index (χ3v) is 4.09. The van der Waals surface area contributed by atoms with Gasteiger partial charge in [-0.2, -0.15) is 0 Å². The predicted molar refractivity (Wildman–Crippen MR) is 86.0 cm³/mol. The molecule has 6 nitrogen and oxygen atoms in total. The SMILES string of the molecule is C=CCn1c(I)nc2c(N3CCOCC3)nc(C)nc21. The second-order valence-electron chi connectivity index (χ2n) is 4.65. The molecule has 0 aliphatic carbocycles. The van der Waals surface area contributed by atoms with E-state index in [4.69, 9.17) is 4.74 Å². The second-order valence-corrected chi connectivity index (χ2v) is 5.61. The molecule has 0 saturated carbocycles. The van der Waals surface area contributed by atoms with Crippen LogP contribution in [0.25, 0.3) is 11.2 Å². The van der Waals surface area contributed by atoms with Crippen LogP contribution < -0.4 is 4.90 Å². The summed E-state index contributed by atoms with van der Waals surface area (Å²) < 4.78 is 8.37. The minimum absolute atomic E-state index is 0.702. The largest absolute Gasteiger partial charge is 0.378 e. The van der Waals surface area contributed by atoms with Crippen molar-refractivity contribution in [1.29, 1.82) is 0 Å². The van der Waals surface area contributed by atoms with Gasteiger partial charge in [0.05, 0.1) is 13.2 Å². The summed E-state index contributed by atoms with van der Waals surface area (Å²) in [5.74, 6) is 1.68. The Bertz CT molecular complexity index is 648. The summed E-state index contributed by atoms with van der Waals surface area (Å²) in [6.45, 7) is 9.57. The average Bonchev–Trinajstić information content (AvgIpc) is 2.76. The number of ether oxygens (including phenoxy) is 1. The maximum Gasteiger partial charge on any atom is 0.174 e. The monoisotopic (exact) mass is 385 g/mol. The average molecular weight is 385 g/mol. The van der Waals surface area contributed by atoms with Crippen LogP contribution >= 0.6 is 22.6 Å². The number of imidazole rings is 1. The summed E-state index contributed by atoms with van der Waals surface area (Å²) in [6, 6.07) is 0. The molecular weight excluding hydrogens is 369 g/mol. The fourth-order valence-corrected chi connectivity index (χ4v) is 3.02. The summed E-state index contributed by atoms with van der Waals surface area (Å²) >= 11 is 2.23. The molecule has 0 spiro atoms. The number of allylic oxidation sites excluding steroid dienone is 1. The van der Waals surface area contributed by atoms with Crippen LogP contribution in [-0.4, -0.2) is 45.8 Å². The molecule has 1 fully saturated rings. The van der Waals surface area contributed by atoms with Gasteiger partial charge in [-0.3, -0.25) is 0 Å². The van der Waals surface area contributed by atoms with E-state index >= 15 is 0 Å². The van der Waals surface area contributed by atoms with Crippen molar-refractivity contribution in [2.75, 3.05) is 31.2 Å². The van der Waals surface area contributed by atoms with Crippen LogP contribution in [0.2, 0.25) is 0 Å². The van der Waals surface area contributed by atoms with Gasteiger partial charge in [0.2, 0.25) is 0 Å². The van der Waals surface area contributed by atoms with E-state index in [0.29, 0.717) is 6.54 Å². The molecule has 3 rings (SSSR count). The first-order valence-electron chi connectivity index (χ1n) is 6.54. The van der Waals surface area contributed by atoms with Gasteiger partial charge in [0.1, 0.15) is 5.82 Å². The summed E-state index contributed by atoms with van der Waals surface area (Å²) in [5.41, 5.74) is 1.74. The van der Waals surface area contributed by atoms with Gasteiger partial charge in [0, 0.05) is 42.2 Å². The molecule has 0 bridgehead atoms. The third kappa shape index (κ3) is 2.39. The van der Waals surface area contributed by atoms with Crippen LogP contribution in [0.1, 0.15) is 5.82 Å². The molecule has 0 radical (unpaired) electrons. The van der Waals surface area contributed by atoms with Crippen molar-refractivity contribution < 1.29 is 4.74 Å².